The fourth-order valence-electron chi connectivity index (χ4n) is 2.10. The maximum absolute atomic E-state index is 12.2. The Morgan fingerprint density at radius 1 is 1.08 bits per heavy atom. The van der Waals surface area contributed by atoms with E-state index in [1.165, 1.54) is 10.6 Å². The molecule has 0 atom stereocenters. The first-order chi connectivity index (χ1) is 11.9. The van der Waals surface area contributed by atoms with Crippen LogP contribution < -0.4 is 26.8 Å². The number of ketones is 1. The molecule has 0 saturated heterocycles. The summed E-state index contributed by atoms with van der Waals surface area (Å²) in [6, 6.07) is 11.4. The Morgan fingerprint density at radius 2 is 1.60 bits per heavy atom. The summed E-state index contributed by atoms with van der Waals surface area (Å²) in [6.07, 6.45) is 3.18. The van der Waals surface area contributed by atoms with Crippen LogP contribution in [-0.4, -0.2) is 20.2 Å². The molecule has 1 heterocycles. The van der Waals surface area contributed by atoms with Gasteiger partial charge in [-0.3, -0.25) is 9.59 Å². The molecule has 3 nitrogen and oxygen atoms in total. The van der Waals surface area contributed by atoms with E-state index in [2.05, 4.69) is 9.86 Å². The number of nitrogens with zero attached hydrogens (tertiary/aromatic N) is 1. The van der Waals surface area contributed by atoms with Crippen molar-refractivity contribution in [3.8, 4) is 0 Å². The fraction of sp³-hybridized carbons (Fsp3) is 0.333. The average Bonchev–Trinajstić information content (AvgIpc) is 2.61. The third-order valence-electron chi connectivity index (χ3n) is 3.34. The van der Waals surface area contributed by atoms with Crippen LogP contribution >= 0.6 is 0 Å². The molecule has 0 radical (unpaired) electrons. The number of carbonyl (C=O) groups is 1. The summed E-state index contributed by atoms with van der Waals surface area (Å²) in [6.45, 7) is 7.64. The summed E-state index contributed by atoms with van der Waals surface area (Å²) in [5.41, 5.74) is 2.49. The number of aromatic nitrogens is 1. The zero-order valence-electron chi connectivity index (χ0n) is 16.3. The molecule has 1 aromatic heterocycles. The van der Waals surface area contributed by atoms with Gasteiger partial charge in [-0.2, -0.15) is 0 Å². The van der Waals surface area contributed by atoms with Gasteiger partial charge in [0.05, 0.1) is 5.56 Å². The normalized spacial score (nSPS) is 9.88. The molecule has 2 rings (SSSR count). The van der Waals surface area contributed by atoms with Gasteiger partial charge in [0.25, 0.3) is 5.56 Å². The summed E-state index contributed by atoms with van der Waals surface area (Å²) in [4.78, 5) is 28.9. The Morgan fingerprint density at radius 3 is 2.12 bits per heavy atom. The molecule has 0 aliphatic heterocycles. The maximum Gasteiger partial charge on any atom is 0.261 e. The smallest absolute Gasteiger partial charge is 0.261 e. The van der Waals surface area contributed by atoms with E-state index in [0.29, 0.717) is 26.8 Å². The Hall–Kier alpha value is -1.69. The number of hydrogen-bond acceptors (Lipinski definition) is 2. The molecule has 0 bridgehead atoms. The van der Waals surface area contributed by atoms with Crippen LogP contribution in [0.15, 0.2) is 47.3 Å². The molecular weight excluding hydrogens is 425 g/mol. The van der Waals surface area contributed by atoms with Crippen molar-refractivity contribution in [2.75, 3.05) is 9.86 Å². The standard InChI is InChI=1S/C17H17NO2.C2H6I.C2H6/c1-12-11-13(2)18(3)17(20)16(12)15(19)10-9-14-7-5-4-6-8-14;1-3-2;1-2/h4-11H,1-3H3;1-2H3;1-2H3/q;-1;/b10-9+;;. The minimum Gasteiger partial charge on any atom is -0.315 e. The first kappa shape index (κ1) is 23.3. The van der Waals surface area contributed by atoms with Gasteiger partial charge in [-0.15, -0.1) is 0 Å². The molecular formula is C21H29INO2-. The van der Waals surface area contributed by atoms with Gasteiger partial charge in [0.2, 0.25) is 0 Å². The monoisotopic (exact) mass is 454 g/mol. The topological polar surface area (TPSA) is 39.1 Å². The number of hydrogen-bond donors (Lipinski definition) is 0. The van der Waals surface area contributed by atoms with Crippen LogP contribution in [0.5, 0.6) is 0 Å². The molecule has 0 spiro atoms. The number of allylic oxidation sites excluding steroid dienone is 1. The van der Waals surface area contributed by atoms with E-state index in [-0.39, 0.29) is 16.9 Å². The summed E-state index contributed by atoms with van der Waals surface area (Å²) >= 11 is 0.590. The molecule has 0 unspecified atom stereocenters. The number of alkyl halides is 2. The Labute approximate surface area is 162 Å². The Kier molecular flexibility index (Phi) is 11.8. The molecule has 0 aliphatic carbocycles. The van der Waals surface area contributed by atoms with Crippen molar-refractivity contribution in [1.82, 2.24) is 4.57 Å². The molecule has 0 aliphatic rings. The van der Waals surface area contributed by atoms with Crippen molar-refractivity contribution in [3.05, 3.63) is 75.2 Å². The second-order valence-corrected chi connectivity index (χ2v) is 7.35. The van der Waals surface area contributed by atoms with Crippen LogP contribution in [0, 0.1) is 13.8 Å². The molecule has 0 N–H and O–H groups in total. The first-order valence-corrected chi connectivity index (χ1v) is 12.5. The number of rotatable bonds is 3. The number of halogens is 1. The van der Waals surface area contributed by atoms with Gasteiger partial charge >= 0.3 is 31.1 Å². The minimum atomic E-state index is -0.257. The van der Waals surface area contributed by atoms with Crippen LogP contribution in [0.2, 0.25) is 0 Å². The van der Waals surface area contributed by atoms with E-state index in [9.17, 15) is 9.59 Å². The molecule has 25 heavy (non-hydrogen) atoms. The molecule has 1 aromatic carbocycles. The molecule has 0 amide bonds. The number of aryl methyl sites for hydroxylation is 2. The summed E-state index contributed by atoms with van der Waals surface area (Å²) in [5.74, 6) is -0.257. The second kappa shape index (κ2) is 12.6. The van der Waals surface area contributed by atoms with Gasteiger partial charge in [0.1, 0.15) is 0 Å². The van der Waals surface area contributed by atoms with Crippen LogP contribution in [0.25, 0.3) is 6.08 Å². The third kappa shape index (κ3) is 7.38. The SMILES string of the molecule is CC.C[I-]C.Cc1cc(C)n(C)c(=O)c1C(=O)/C=C/c1ccccc1. The van der Waals surface area contributed by atoms with Gasteiger partial charge in [-0.25, -0.2) is 0 Å². The van der Waals surface area contributed by atoms with E-state index < -0.39 is 0 Å². The van der Waals surface area contributed by atoms with Gasteiger partial charge < -0.3 is 4.57 Å². The van der Waals surface area contributed by atoms with Crippen LogP contribution in [0.1, 0.15) is 41.0 Å². The molecule has 2 aromatic rings. The van der Waals surface area contributed by atoms with Gasteiger partial charge in [0.15, 0.2) is 5.78 Å². The molecule has 138 valence electrons. The number of benzene rings is 1. The van der Waals surface area contributed by atoms with Crippen molar-refractivity contribution in [1.29, 1.82) is 0 Å². The van der Waals surface area contributed by atoms with Crippen LogP contribution in [-0.2, 0) is 7.05 Å². The summed E-state index contributed by atoms with van der Waals surface area (Å²) < 4.78 is 1.50. The Balaban J connectivity index is 0.00000104. The van der Waals surface area contributed by atoms with E-state index in [1.807, 2.05) is 57.2 Å². The van der Waals surface area contributed by atoms with Crippen LogP contribution in [0.4, 0.5) is 0 Å². The number of pyridine rings is 1. The van der Waals surface area contributed by atoms with Gasteiger partial charge in [-0.05, 0) is 37.1 Å². The van der Waals surface area contributed by atoms with E-state index in [4.69, 9.17) is 0 Å². The first-order valence-electron chi connectivity index (χ1n) is 8.21. The van der Waals surface area contributed by atoms with Crippen molar-refractivity contribution >= 4 is 11.9 Å². The molecule has 4 heteroatoms. The summed E-state index contributed by atoms with van der Waals surface area (Å²) in [5, 5.41) is 0. The van der Waals surface area contributed by atoms with Crippen molar-refractivity contribution in [2.24, 2.45) is 7.05 Å². The minimum absolute atomic E-state index is 0.241. The number of carbonyl (C=O) groups excluding carboxylic acids is 1. The van der Waals surface area contributed by atoms with Gasteiger partial charge in [0, 0.05) is 12.7 Å². The van der Waals surface area contributed by atoms with E-state index in [1.54, 1.807) is 20.0 Å². The quantitative estimate of drug-likeness (QED) is 0.303. The van der Waals surface area contributed by atoms with Crippen molar-refractivity contribution in [2.45, 2.75) is 27.7 Å². The predicted octanol–water partition coefficient (Wildman–Crippen LogP) is 1.26. The zero-order valence-corrected chi connectivity index (χ0v) is 18.4. The Bertz CT molecular complexity index is 746. The van der Waals surface area contributed by atoms with Crippen molar-refractivity contribution < 1.29 is 26.0 Å². The van der Waals surface area contributed by atoms with E-state index in [0.717, 1.165) is 11.3 Å². The fourth-order valence-corrected chi connectivity index (χ4v) is 2.10. The predicted molar refractivity (Wildman–Crippen MR) is 104 cm³/mol. The molecule has 0 fully saturated rings. The third-order valence-corrected chi connectivity index (χ3v) is 3.34. The van der Waals surface area contributed by atoms with Crippen LogP contribution in [0.3, 0.4) is 0 Å². The largest absolute Gasteiger partial charge is 0.315 e. The van der Waals surface area contributed by atoms with Gasteiger partial charge in [-0.1, -0.05) is 50.3 Å². The second-order valence-electron chi connectivity index (χ2n) is 5.19. The maximum atomic E-state index is 12.2. The average molecular weight is 454 g/mol. The summed E-state index contributed by atoms with van der Waals surface area (Å²) in [7, 11) is 1.68. The van der Waals surface area contributed by atoms with E-state index >= 15 is 0 Å². The molecule has 0 saturated carbocycles. The zero-order chi connectivity index (χ0) is 19.4. The van der Waals surface area contributed by atoms with Crippen molar-refractivity contribution in [3.63, 3.8) is 0 Å².